The molecule has 0 aliphatic carbocycles. The monoisotopic (exact) mass is 480 g/mol. The predicted octanol–water partition coefficient (Wildman–Crippen LogP) is 2.91. The van der Waals surface area contributed by atoms with Gasteiger partial charge < -0.3 is 19.3 Å². The summed E-state index contributed by atoms with van der Waals surface area (Å²) in [6.07, 6.45) is 5.37. The number of piperidine rings is 1. The van der Waals surface area contributed by atoms with E-state index in [1.807, 2.05) is 18.7 Å². The van der Waals surface area contributed by atoms with E-state index >= 15 is 0 Å². The van der Waals surface area contributed by atoms with Crippen LogP contribution in [-0.4, -0.2) is 80.4 Å². The van der Waals surface area contributed by atoms with Gasteiger partial charge in [0.15, 0.2) is 27.9 Å². The fourth-order valence-corrected chi connectivity index (χ4v) is 6.10. The molecule has 2 saturated heterocycles. The largest absolute Gasteiger partial charge is 0.490 e. The summed E-state index contributed by atoms with van der Waals surface area (Å²) in [5, 5.41) is 0. The molecule has 184 valence electrons. The Morgan fingerprint density at radius 2 is 1.85 bits per heavy atom. The highest BCUT2D eigenvalue weighted by molar-refractivity contribution is 7.91. The summed E-state index contributed by atoms with van der Waals surface area (Å²) in [7, 11) is -3.10. The zero-order valence-electron chi connectivity index (χ0n) is 19.8. The number of carbonyl (C=O) groups is 2. The summed E-state index contributed by atoms with van der Waals surface area (Å²) >= 11 is 0. The highest BCUT2D eigenvalue weighted by atomic mass is 32.2. The number of amides is 2. The van der Waals surface area contributed by atoms with Crippen LogP contribution >= 0.6 is 0 Å². The number of hydrogen-bond donors (Lipinski definition) is 0. The molecule has 8 nitrogen and oxygen atoms in total. The van der Waals surface area contributed by atoms with E-state index in [0.717, 1.165) is 45.2 Å². The molecule has 2 heterocycles. The van der Waals surface area contributed by atoms with Crippen LogP contribution in [0, 0.1) is 0 Å². The number of unbranched alkanes of at least 4 members (excludes halogenated alkanes) is 1. The zero-order valence-corrected chi connectivity index (χ0v) is 20.6. The van der Waals surface area contributed by atoms with Crippen LogP contribution in [0.4, 0.5) is 0 Å². The third kappa shape index (κ3) is 6.85. The van der Waals surface area contributed by atoms with E-state index in [1.54, 1.807) is 23.1 Å². The highest BCUT2D eigenvalue weighted by Crippen LogP contribution is 2.30. The maximum atomic E-state index is 13.4. The Morgan fingerprint density at radius 3 is 2.48 bits per heavy atom. The summed E-state index contributed by atoms with van der Waals surface area (Å²) in [5.41, 5.74) is 0.425. The lowest BCUT2D eigenvalue weighted by atomic mass is 10.1. The van der Waals surface area contributed by atoms with Crippen LogP contribution in [0.3, 0.4) is 0 Å². The predicted molar refractivity (Wildman–Crippen MR) is 127 cm³/mol. The van der Waals surface area contributed by atoms with E-state index in [9.17, 15) is 18.0 Å². The van der Waals surface area contributed by atoms with E-state index in [1.165, 1.54) is 0 Å². The summed E-state index contributed by atoms with van der Waals surface area (Å²) in [4.78, 5) is 29.3. The summed E-state index contributed by atoms with van der Waals surface area (Å²) < 4.78 is 35.5. The van der Waals surface area contributed by atoms with Gasteiger partial charge in [-0.3, -0.25) is 9.59 Å². The number of nitrogens with zero attached hydrogens (tertiary/aromatic N) is 2. The van der Waals surface area contributed by atoms with Gasteiger partial charge in [0, 0.05) is 31.2 Å². The van der Waals surface area contributed by atoms with Crippen molar-refractivity contribution in [2.24, 2.45) is 0 Å². The molecule has 9 heteroatoms. The van der Waals surface area contributed by atoms with E-state index in [2.05, 4.69) is 0 Å². The van der Waals surface area contributed by atoms with Gasteiger partial charge in [0.25, 0.3) is 11.8 Å². The number of hydrogen-bond acceptors (Lipinski definition) is 6. The van der Waals surface area contributed by atoms with Crippen molar-refractivity contribution in [1.82, 2.24) is 9.80 Å². The number of rotatable bonds is 10. The average molecular weight is 481 g/mol. The lowest BCUT2D eigenvalue weighted by Crippen LogP contribution is -2.41. The Kier molecular flexibility index (Phi) is 9.00. The van der Waals surface area contributed by atoms with E-state index in [-0.39, 0.29) is 36.0 Å². The molecule has 1 atom stereocenters. The van der Waals surface area contributed by atoms with Crippen LogP contribution < -0.4 is 9.47 Å². The first-order valence-electron chi connectivity index (χ1n) is 12.0. The zero-order chi connectivity index (χ0) is 23.8. The molecule has 2 fully saturated rings. The van der Waals surface area contributed by atoms with Gasteiger partial charge in [0.2, 0.25) is 0 Å². The molecule has 0 bridgehead atoms. The topological polar surface area (TPSA) is 93.2 Å². The van der Waals surface area contributed by atoms with Crippen LogP contribution in [0.15, 0.2) is 18.2 Å². The van der Waals surface area contributed by atoms with Gasteiger partial charge in [-0.25, -0.2) is 8.42 Å². The van der Waals surface area contributed by atoms with Crippen molar-refractivity contribution in [2.45, 2.75) is 58.4 Å². The molecule has 0 radical (unpaired) electrons. The minimum Gasteiger partial charge on any atom is -0.490 e. The third-order valence-corrected chi connectivity index (χ3v) is 7.96. The first-order chi connectivity index (χ1) is 15.8. The SMILES string of the molecule is CCCCN(C(=O)c1ccc(OCC(=O)N2CCCCC2)c(OCC)c1)C1CCS(=O)(=O)C1. The van der Waals surface area contributed by atoms with E-state index < -0.39 is 9.84 Å². The van der Waals surface area contributed by atoms with Crippen molar-refractivity contribution in [2.75, 3.05) is 44.4 Å². The van der Waals surface area contributed by atoms with Crippen LogP contribution in [0.5, 0.6) is 11.5 Å². The maximum absolute atomic E-state index is 13.4. The van der Waals surface area contributed by atoms with E-state index in [0.29, 0.717) is 36.6 Å². The van der Waals surface area contributed by atoms with Gasteiger partial charge in [0.1, 0.15) is 0 Å². The second-order valence-electron chi connectivity index (χ2n) is 8.73. The van der Waals surface area contributed by atoms with Gasteiger partial charge in [0.05, 0.1) is 18.1 Å². The third-order valence-electron chi connectivity index (χ3n) is 6.21. The Hall–Kier alpha value is -2.29. The van der Waals surface area contributed by atoms with Crippen molar-refractivity contribution in [3.63, 3.8) is 0 Å². The standard InChI is InChI=1S/C24H36N2O6S/c1-3-5-14-26(20-11-15-33(29,30)18-20)24(28)19-9-10-21(22(16-19)31-4-2)32-17-23(27)25-12-7-6-8-13-25/h9-10,16,20H,3-8,11-15,17-18H2,1-2H3. The van der Waals surface area contributed by atoms with Crippen LogP contribution in [-0.2, 0) is 14.6 Å². The lowest BCUT2D eigenvalue weighted by molar-refractivity contribution is -0.134. The molecule has 0 N–H and O–H groups in total. The van der Waals surface area contributed by atoms with Gasteiger partial charge >= 0.3 is 0 Å². The lowest BCUT2D eigenvalue weighted by Gasteiger charge is -2.29. The molecule has 1 unspecified atom stereocenters. The van der Waals surface area contributed by atoms with Crippen molar-refractivity contribution < 1.29 is 27.5 Å². The summed E-state index contributed by atoms with van der Waals surface area (Å²) in [6, 6.07) is 4.65. The minimum atomic E-state index is -3.10. The quantitative estimate of drug-likeness (QED) is 0.511. The first kappa shape index (κ1) is 25.3. The van der Waals surface area contributed by atoms with Crippen LogP contribution in [0.25, 0.3) is 0 Å². The molecule has 0 saturated carbocycles. The van der Waals surface area contributed by atoms with Gasteiger partial charge in [-0.15, -0.1) is 0 Å². The molecular formula is C24H36N2O6S. The number of carbonyl (C=O) groups excluding carboxylic acids is 2. The van der Waals surface area contributed by atoms with Gasteiger partial charge in [-0.1, -0.05) is 13.3 Å². The normalized spacial score (nSPS) is 19.8. The number of benzene rings is 1. The Labute approximate surface area is 197 Å². The minimum absolute atomic E-state index is 0.0145. The molecular weight excluding hydrogens is 444 g/mol. The Balaban J connectivity index is 1.74. The maximum Gasteiger partial charge on any atom is 0.260 e. The molecule has 1 aromatic rings. The molecule has 2 aliphatic heterocycles. The second kappa shape index (κ2) is 11.7. The molecule has 3 rings (SSSR count). The van der Waals surface area contributed by atoms with Crippen LogP contribution in [0.2, 0.25) is 0 Å². The van der Waals surface area contributed by atoms with Gasteiger partial charge in [-0.05, 0) is 57.2 Å². The van der Waals surface area contributed by atoms with Gasteiger partial charge in [-0.2, -0.15) is 0 Å². The molecule has 1 aromatic carbocycles. The van der Waals surface area contributed by atoms with Crippen molar-refractivity contribution >= 4 is 21.7 Å². The molecule has 2 amide bonds. The highest BCUT2D eigenvalue weighted by Gasteiger charge is 2.35. The van der Waals surface area contributed by atoms with Crippen molar-refractivity contribution in [3.8, 4) is 11.5 Å². The smallest absolute Gasteiger partial charge is 0.260 e. The summed E-state index contributed by atoms with van der Waals surface area (Å²) in [6.45, 7) is 6.23. The fourth-order valence-electron chi connectivity index (χ4n) is 4.37. The van der Waals surface area contributed by atoms with Crippen molar-refractivity contribution in [3.05, 3.63) is 23.8 Å². The number of sulfone groups is 1. The molecule has 0 aromatic heterocycles. The first-order valence-corrected chi connectivity index (χ1v) is 13.9. The Bertz CT molecular complexity index is 927. The molecule has 0 spiro atoms. The van der Waals surface area contributed by atoms with Crippen molar-refractivity contribution in [1.29, 1.82) is 0 Å². The Morgan fingerprint density at radius 1 is 1.09 bits per heavy atom. The second-order valence-corrected chi connectivity index (χ2v) is 11.0. The number of ether oxygens (including phenoxy) is 2. The fraction of sp³-hybridized carbons (Fsp3) is 0.667. The molecule has 2 aliphatic rings. The summed E-state index contributed by atoms with van der Waals surface area (Å²) in [5.74, 6) is 0.704. The number of likely N-dealkylation sites (tertiary alicyclic amines) is 1. The average Bonchev–Trinajstić information content (AvgIpc) is 3.18. The molecule has 33 heavy (non-hydrogen) atoms. The van der Waals surface area contributed by atoms with E-state index in [4.69, 9.17) is 9.47 Å². The van der Waals surface area contributed by atoms with Crippen LogP contribution in [0.1, 0.15) is 62.7 Å².